The van der Waals surface area contributed by atoms with Crippen LogP contribution in [0.1, 0.15) is 38.3 Å². The van der Waals surface area contributed by atoms with Crippen LogP contribution in [0.15, 0.2) is 30.6 Å². The van der Waals surface area contributed by atoms with E-state index in [0.717, 1.165) is 48.7 Å². The van der Waals surface area contributed by atoms with Crippen molar-refractivity contribution in [3.05, 3.63) is 36.3 Å². The van der Waals surface area contributed by atoms with E-state index < -0.39 is 0 Å². The van der Waals surface area contributed by atoms with Crippen molar-refractivity contribution in [1.82, 2.24) is 15.0 Å². The molecule has 23 heavy (non-hydrogen) atoms. The van der Waals surface area contributed by atoms with Crippen LogP contribution < -0.4 is 4.90 Å². The summed E-state index contributed by atoms with van der Waals surface area (Å²) in [5, 5.41) is 9.35. The minimum Gasteiger partial charge on any atom is -0.396 e. The van der Waals surface area contributed by atoms with Crippen LogP contribution in [-0.4, -0.2) is 39.3 Å². The van der Waals surface area contributed by atoms with E-state index in [2.05, 4.69) is 27.9 Å². The second-order valence-corrected chi connectivity index (χ2v) is 5.99. The van der Waals surface area contributed by atoms with Gasteiger partial charge in [0.25, 0.3) is 0 Å². The maximum absolute atomic E-state index is 9.35. The Morgan fingerprint density at radius 3 is 2.78 bits per heavy atom. The fourth-order valence-electron chi connectivity index (χ4n) is 3.19. The second kappa shape index (κ2) is 7.51. The van der Waals surface area contributed by atoms with E-state index >= 15 is 0 Å². The van der Waals surface area contributed by atoms with Crippen LogP contribution in [0.25, 0.3) is 11.4 Å². The number of aryl methyl sites for hydroxylation is 1. The molecule has 5 heteroatoms. The topological polar surface area (TPSA) is 62.1 Å². The van der Waals surface area contributed by atoms with Gasteiger partial charge in [-0.15, -0.1) is 0 Å². The molecule has 5 nitrogen and oxygen atoms in total. The Morgan fingerprint density at radius 1 is 1.22 bits per heavy atom. The summed E-state index contributed by atoms with van der Waals surface area (Å²) in [4.78, 5) is 15.9. The molecule has 1 fully saturated rings. The Labute approximate surface area is 137 Å². The Hall–Kier alpha value is -2.01. The summed E-state index contributed by atoms with van der Waals surface area (Å²) in [6.07, 6.45) is 8.75. The van der Waals surface area contributed by atoms with E-state index in [1.807, 2.05) is 12.1 Å². The number of rotatable bonds is 5. The molecule has 2 aromatic rings. The van der Waals surface area contributed by atoms with Crippen LogP contribution in [0.4, 0.5) is 5.82 Å². The van der Waals surface area contributed by atoms with E-state index in [1.54, 1.807) is 12.4 Å². The van der Waals surface area contributed by atoms with E-state index in [9.17, 15) is 5.11 Å². The average Bonchev–Trinajstić information content (AvgIpc) is 2.63. The molecule has 1 atom stereocenters. The van der Waals surface area contributed by atoms with E-state index in [1.165, 1.54) is 12.8 Å². The molecule has 0 radical (unpaired) electrons. The Morgan fingerprint density at radius 2 is 2.04 bits per heavy atom. The van der Waals surface area contributed by atoms with Gasteiger partial charge in [-0.3, -0.25) is 4.98 Å². The Kier molecular flexibility index (Phi) is 5.18. The first kappa shape index (κ1) is 15.9. The molecule has 0 amide bonds. The first-order valence-corrected chi connectivity index (χ1v) is 8.47. The molecule has 1 unspecified atom stereocenters. The van der Waals surface area contributed by atoms with Crippen molar-refractivity contribution in [2.45, 2.75) is 45.1 Å². The minimum atomic E-state index is 0.226. The zero-order valence-corrected chi connectivity index (χ0v) is 13.6. The van der Waals surface area contributed by atoms with Gasteiger partial charge in [0.05, 0.1) is 0 Å². The lowest BCUT2D eigenvalue weighted by molar-refractivity contribution is 0.262. The van der Waals surface area contributed by atoms with Crippen LogP contribution in [0, 0.1) is 0 Å². The quantitative estimate of drug-likeness (QED) is 0.920. The molecule has 1 saturated heterocycles. The second-order valence-electron chi connectivity index (χ2n) is 5.99. The highest BCUT2D eigenvalue weighted by Crippen LogP contribution is 2.27. The lowest BCUT2D eigenvalue weighted by atomic mass is 9.99. The van der Waals surface area contributed by atoms with E-state index in [0.29, 0.717) is 6.04 Å². The lowest BCUT2D eigenvalue weighted by Crippen LogP contribution is -2.40. The van der Waals surface area contributed by atoms with Crippen molar-refractivity contribution in [1.29, 1.82) is 0 Å². The Balaban J connectivity index is 1.97. The molecule has 1 aliphatic heterocycles. The van der Waals surface area contributed by atoms with Gasteiger partial charge in [-0.05, 0) is 44.2 Å². The summed E-state index contributed by atoms with van der Waals surface area (Å²) in [5.74, 6) is 1.75. The summed E-state index contributed by atoms with van der Waals surface area (Å²) in [5.41, 5.74) is 2.04. The summed E-state index contributed by atoms with van der Waals surface area (Å²) in [6.45, 7) is 3.34. The zero-order valence-electron chi connectivity index (χ0n) is 13.6. The molecule has 0 spiro atoms. The maximum Gasteiger partial charge on any atom is 0.161 e. The molecule has 122 valence electrons. The monoisotopic (exact) mass is 312 g/mol. The van der Waals surface area contributed by atoms with Crippen LogP contribution in [0.2, 0.25) is 0 Å². The number of pyridine rings is 1. The van der Waals surface area contributed by atoms with Crippen LogP contribution in [-0.2, 0) is 6.42 Å². The van der Waals surface area contributed by atoms with E-state index in [4.69, 9.17) is 4.98 Å². The van der Waals surface area contributed by atoms with Gasteiger partial charge in [0.2, 0.25) is 0 Å². The Bertz CT molecular complexity index is 630. The highest BCUT2D eigenvalue weighted by Gasteiger charge is 2.24. The van der Waals surface area contributed by atoms with Crippen molar-refractivity contribution in [2.75, 3.05) is 18.1 Å². The maximum atomic E-state index is 9.35. The van der Waals surface area contributed by atoms with Crippen molar-refractivity contribution in [3.63, 3.8) is 0 Å². The number of anilines is 1. The third kappa shape index (κ3) is 3.67. The van der Waals surface area contributed by atoms with Crippen molar-refractivity contribution in [3.8, 4) is 11.4 Å². The van der Waals surface area contributed by atoms with E-state index in [-0.39, 0.29) is 6.61 Å². The van der Waals surface area contributed by atoms with Gasteiger partial charge in [-0.25, -0.2) is 9.97 Å². The zero-order chi connectivity index (χ0) is 16.1. The summed E-state index contributed by atoms with van der Waals surface area (Å²) in [7, 11) is 0. The summed E-state index contributed by atoms with van der Waals surface area (Å²) < 4.78 is 0. The van der Waals surface area contributed by atoms with Crippen LogP contribution >= 0.6 is 0 Å². The highest BCUT2D eigenvalue weighted by atomic mass is 16.3. The van der Waals surface area contributed by atoms with Crippen LogP contribution in [0.3, 0.4) is 0 Å². The van der Waals surface area contributed by atoms with Gasteiger partial charge in [-0.2, -0.15) is 0 Å². The van der Waals surface area contributed by atoms with Crippen LogP contribution in [0.5, 0.6) is 0 Å². The summed E-state index contributed by atoms with van der Waals surface area (Å²) in [6, 6.07) is 6.36. The molecular formula is C18H24N4O. The molecule has 0 saturated carbocycles. The molecule has 2 aromatic heterocycles. The molecule has 3 rings (SSSR count). The number of aromatic nitrogens is 3. The molecular weight excluding hydrogens is 288 g/mol. The third-order valence-electron chi connectivity index (χ3n) is 4.45. The fourth-order valence-corrected chi connectivity index (χ4v) is 3.19. The molecule has 3 heterocycles. The number of hydrogen-bond acceptors (Lipinski definition) is 5. The normalized spacial score (nSPS) is 18.2. The first-order valence-electron chi connectivity index (χ1n) is 8.47. The number of nitrogens with zero attached hydrogens (tertiary/aromatic N) is 4. The number of piperidine rings is 1. The average molecular weight is 312 g/mol. The number of aliphatic hydroxyl groups is 1. The molecule has 0 bridgehead atoms. The lowest BCUT2D eigenvalue weighted by Gasteiger charge is -2.36. The van der Waals surface area contributed by atoms with Crippen molar-refractivity contribution in [2.24, 2.45) is 0 Å². The van der Waals surface area contributed by atoms with Gasteiger partial charge in [-0.1, -0.05) is 6.92 Å². The van der Waals surface area contributed by atoms with Crippen molar-refractivity contribution < 1.29 is 5.11 Å². The predicted molar refractivity (Wildman–Crippen MR) is 91.3 cm³/mol. The van der Waals surface area contributed by atoms with Gasteiger partial charge in [0.1, 0.15) is 5.82 Å². The smallest absolute Gasteiger partial charge is 0.161 e. The van der Waals surface area contributed by atoms with Gasteiger partial charge in [0.15, 0.2) is 5.82 Å². The molecule has 1 N–H and O–H groups in total. The number of aliphatic hydroxyl groups excluding tert-OH is 1. The van der Waals surface area contributed by atoms with Crippen molar-refractivity contribution >= 4 is 5.82 Å². The predicted octanol–water partition coefficient (Wildman–Crippen LogP) is 2.84. The first-order chi connectivity index (χ1) is 11.3. The summed E-state index contributed by atoms with van der Waals surface area (Å²) >= 11 is 0. The minimum absolute atomic E-state index is 0.226. The molecule has 1 aliphatic rings. The standard InChI is InChI=1S/C18H24N4O/c1-2-15-13-17(22-11-4-3-5-16(22)8-12-23)21-18(20-15)14-6-9-19-10-7-14/h6-7,9-10,13,16,23H,2-5,8,11-12H2,1H3. The highest BCUT2D eigenvalue weighted by molar-refractivity contribution is 5.57. The van der Waals surface area contributed by atoms with Gasteiger partial charge < -0.3 is 10.0 Å². The van der Waals surface area contributed by atoms with Gasteiger partial charge >= 0.3 is 0 Å². The third-order valence-corrected chi connectivity index (χ3v) is 4.45. The largest absolute Gasteiger partial charge is 0.396 e. The van der Waals surface area contributed by atoms with Gasteiger partial charge in [0, 0.05) is 48.9 Å². The molecule has 0 aliphatic carbocycles. The number of hydrogen-bond donors (Lipinski definition) is 1. The fraction of sp³-hybridized carbons (Fsp3) is 0.500. The SMILES string of the molecule is CCc1cc(N2CCCCC2CCO)nc(-c2ccncc2)n1. The molecule has 0 aromatic carbocycles.